The fraction of sp³-hybridized carbons (Fsp3) is 0.353. The molecule has 0 radical (unpaired) electrons. The number of amidine groups is 1. The zero-order valence-corrected chi connectivity index (χ0v) is 14.1. The smallest absolute Gasteiger partial charge is 0.260 e. The summed E-state index contributed by atoms with van der Waals surface area (Å²) >= 11 is 1.58. The van der Waals surface area contributed by atoms with Gasteiger partial charge >= 0.3 is 0 Å². The number of nitrogens with zero attached hydrogens (tertiary/aromatic N) is 3. The Morgan fingerprint density at radius 2 is 2.13 bits per heavy atom. The lowest BCUT2D eigenvalue weighted by Gasteiger charge is -2.13. The minimum absolute atomic E-state index is 0.124. The fourth-order valence-corrected chi connectivity index (χ4v) is 3.36. The number of aromatic nitrogens is 2. The summed E-state index contributed by atoms with van der Waals surface area (Å²) in [5.74, 6) is 1.02. The van der Waals surface area contributed by atoms with Crippen LogP contribution >= 0.6 is 11.8 Å². The van der Waals surface area contributed by atoms with Crippen LogP contribution in [-0.4, -0.2) is 33.2 Å². The van der Waals surface area contributed by atoms with E-state index < -0.39 is 0 Å². The van der Waals surface area contributed by atoms with Gasteiger partial charge in [0.2, 0.25) is 0 Å². The average molecular weight is 328 g/mol. The van der Waals surface area contributed by atoms with Crippen molar-refractivity contribution < 1.29 is 4.79 Å². The normalized spacial score (nSPS) is 14.1. The second kappa shape index (κ2) is 7.00. The Kier molecular flexibility index (Phi) is 4.81. The second-order valence-electron chi connectivity index (χ2n) is 5.73. The standard InChI is InChI=1S/C17H20N4OS/c1-12(2)15-14(16(22)20-17-18-8-9-23-17)10-19-21(15)11-13-6-4-3-5-7-13/h3-7,10,12H,8-9,11H2,1-2H3,(H,18,20,22). The summed E-state index contributed by atoms with van der Waals surface area (Å²) < 4.78 is 1.92. The largest absolute Gasteiger partial charge is 0.301 e. The predicted molar refractivity (Wildman–Crippen MR) is 94.1 cm³/mol. The first-order valence-corrected chi connectivity index (χ1v) is 8.72. The lowest BCUT2D eigenvalue weighted by molar-refractivity contribution is 0.0976. The molecule has 120 valence electrons. The quantitative estimate of drug-likeness (QED) is 0.939. The highest BCUT2D eigenvalue weighted by atomic mass is 32.2. The molecule has 1 aliphatic rings. The van der Waals surface area contributed by atoms with Crippen molar-refractivity contribution in [2.24, 2.45) is 4.99 Å². The van der Waals surface area contributed by atoms with Gasteiger partial charge in [0.05, 0.1) is 30.5 Å². The Morgan fingerprint density at radius 1 is 1.35 bits per heavy atom. The van der Waals surface area contributed by atoms with E-state index in [1.165, 1.54) is 5.56 Å². The highest BCUT2D eigenvalue weighted by Crippen LogP contribution is 2.21. The van der Waals surface area contributed by atoms with Crippen LogP contribution in [0, 0.1) is 0 Å². The van der Waals surface area contributed by atoms with E-state index in [1.807, 2.05) is 22.9 Å². The molecule has 0 aliphatic carbocycles. The van der Waals surface area contributed by atoms with Crippen LogP contribution in [0.3, 0.4) is 0 Å². The Balaban J connectivity index is 1.84. The number of hydrogen-bond acceptors (Lipinski definition) is 4. The van der Waals surface area contributed by atoms with Crippen molar-refractivity contribution >= 4 is 22.8 Å². The molecule has 6 heteroatoms. The van der Waals surface area contributed by atoms with E-state index in [2.05, 4.69) is 41.4 Å². The molecule has 3 rings (SSSR count). The molecule has 1 amide bonds. The summed E-state index contributed by atoms with van der Waals surface area (Å²) in [5, 5.41) is 8.03. The Morgan fingerprint density at radius 3 is 2.78 bits per heavy atom. The molecule has 0 unspecified atom stereocenters. The molecule has 1 aromatic carbocycles. The zero-order chi connectivity index (χ0) is 16.2. The van der Waals surface area contributed by atoms with E-state index in [-0.39, 0.29) is 11.8 Å². The van der Waals surface area contributed by atoms with E-state index >= 15 is 0 Å². The van der Waals surface area contributed by atoms with E-state index in [1.54, 1.807) is 18.0 Å². The molecule has 23 heavy (non-hydrogen) atoms. The van der Waals surface area contributed by atoms with Crippen LogP contribution in [0.25, 0.3) is 0 Å². The number of thioether (sulfide) groups is 1. The van der Waals surface area contributed by atoms with Gasteiger partial charge < -0.3 is 5.32 Å². The number of carbonyl (C=O) groups excluding carboxylic acids is 1. The van der Waals surface area contributed by atoms with Crippen LogP contribution in [0.15, 0.2) is 41.5 Å². The number of benzene rings is 1. The Hall–Kier alpha value is -2.08. The molecule has 1 aromatic heterocycles. The molecule has 0 spiro atoms. The summed E-state index contributed by atoms with van der Waals surface area (Å²) in [4.78, 5) is 16.8. The lowest BCUT2D eigenvalue weighted by Crippen LogP contribution is -2.28. The topological polar surface area (TPSA) is 59.3 Å². The van der Waals surface area contributed by atoms with Gasteiger partial charge in [-0.25, -0.2) is 0 Å². The summed E-state index contributed by atoms with van der Waals surface area (Å²) in [5.41, 5.74) is 2.75. The van der Waals surface area contributed by atoms with E-state index in [4.69, 9.17) is 0 Å². The maximum absolute atomic E-state index is 12.5. The first-order valence-electron chi connectivity index (χ1n) is 7.73. The third-order valence-electron chi connectivity index (χ3n) is 3.65. The van der Waals surface area contributed by atoms with E-state index in [9.17, 15) is 4.79 Å². The third-order valence-corrected chi connectivity index (χ3v) is 4.54. The summed E-state index contributed by atoms with van der Waals surface area (Å²) in [6, 6.07) is 10.1. The SMILES string of the molecule is CC(C)c1c(C(=O)NC2=NCCS2)cnn1Cc1ccccc1. The Bertz CT molecular complexity index is 721. The van der Waals surface area contributed by atoms with Crippen LogP contribution in [0.2, 0.25) is 0 Å². The van der Waals surface area contributed by atoms with Gasteiger partial charge in [0.25, 0.3) is 5.91 Å². The zero-order valence-electron chi connectivity index (χ0n) is 13.3. The third kappa shape index (κ3) is 3.64. The average Bonchev–Trinajstić information content (AvgIpc) is 3.17. The molecule has 2 aromatic rings. The van der Waals surface area contributed by atoms with Crippen molar-refractivity contribution in [3.63, 3.8) is 0 Å². The van der Waals surface area contributed by atoms with Gasteiger partial charge in [0.1, 0.15) is 0 Å². The maximum atomic E-state index is 12.5. The molecule has 0 saturated heterocycles. The number of carbonyl (C=O) groups is 1. The lowest BCUT2D eigenvalue weighted by atomic mass is 10.1. The predicted octanol–water partition coefficient (Wildman–Crippen LogP) is 2.89. The fourth-order valence-electron chi connectivity index (χ4n) is 2.64. The molecule has 2 heterocycles. The monoisotopic (exact) mass is 328 g/mol. The van der Waals surface area contributed by atoms with Crippen molar-refractivity contribution in [2.45, 2.75) is 26.3 Å². The molecule has 1 N–H and O–H groups in total. The first kappa shape index (κ1) is 15.8. The number of amides is 1. The number of nitrogens with one attached hydrogen (secondary N) is 1. The highest BCUT2D eigenvalue weighted by Gasteiger charge is 2.21. The first-order chi connectivity index (χ1) is 11.1. The molecule has 0 saturated carbocycles. The molecule has 5 nitrogen and oxygen atoms in total. The number of rotatable bonds is 4. The van der Waals surface area contributed by atoms with E-state index in [0.717, 1.165) is 18.0 Å². The maximum Gasteiger partial charge on any atom is 0.260 e. The van der Waals surface area contributed by atoms with Crippen molar-refractivity contribution in [1.29, 1.82) is 0 Å². The summed E-state index contributed by atoms with van der Waals surface area (Å²) in [6.45, 7) is 5.59. The van der Waals surface area contributed by atoms with Gasteiger partial charge in [0.15, 0.2) is 5.17 Å². The molecule has 1 aliphatic heterocycles. The molecular formula is C17H20N4OS. The minimum atomic E-state index is -0.124. The molecule has 0 fully saturated rings. The van der Waals surface area contributed by atoms with Gasteiger partial charge in [-0.3, -0.25) is 14.5 Å². The molecular weight excluding hydrogens is 308 g/mol. The summed E-state index contributed by atoms with van der Waals surface area (Å²) in [7, 11) is 0. The van der Waals surface area contributed by atoms with Crippen LogP contribution in [0.1, 0.15) is 41.4 Å². The van der Waals surface area contributed by atoms with Crippen molar-refractivity contribution in [2.75, 3.05) is 12.3 Å². The number of aliphatic imine (C=N–C) groups is 1. The van der Waals surface area contributed by atoms with Gasteiger partial charge in [-0.15, -0.1) is 0 Å². The van der Waals surface area contributed by atoms with E-state index in [0.29, 0.717) is 17.3 Å². The van der Waals surface area contributed by atoms with Gasteiger partial charge in [-0.2, -0.15) is 5.10 Å². The van der Waals surface area contributed by atoms with Crippen molar-refractivity contribution in [3.8, 4) is 0 Å². The van der Waals surface area contributed by atoms with Crippen LogP contribution in [0.5, 0.6) is 0 Å². The van der Waals surface area contributed by atoms with Crippen LogP contribution in [0.4, 0.5) is 0 Å². The molecule has 0 bridgehead atoms. The van der Waals surface area contributed by atoms with Crippen molar-refractivity contribution in [1.82, 2.24) is 15.1 Å². The van der Waals surface area contributed by atoms with Gasteiger partial charge in [-0.1, -0.05) is 55.9 Å². The summed E-state index contributed by atoms with van der Waals surface area (Å²) in [6.07, 6.45) is 1.66. The highest BCUT2D eigenvalue weighted by molar-refractivity contribution is 8.14. The van der Waals surface area contributed by atoms with Gasteiger partial charge in [-0.05, 0) is 11.5 Å². The van der Waals surface area contributed by atoms with Crippen LogP contribution in [-0.2, 0) is 6.54 Å². The minimum Gasteiger partial charge on any atom is -0.301 e. The Labute approximate surface area is 140 Å². The van der Waals surface area contributed by atoms with Crippen LogP contribution < -0.4 is 5.32 Å². The van der Waals surface area contributed by atoms with Gasteiger partial charge in [0, 0.05) is 5.75 Å². The molecule has 0 atom stereocenters. The number of hydrogen-bond donors (Lipinski definition) is 1. The second-order valence-corrected chi connectivity index (χ2v) is 6.81. The van der Waals surface area contributed by atoms with Crippen molar-refractivity contribution in [3.05, 3.63) is 53.3 Å².